The van der Waals surface area contributed by atoms with Crippen molar-refractivity contribution in [1.82, 2.24) is 5.32 Å². The zero-order valence-electron chi connectivity index (χ0n) is 14.1. The van der Waals surface area contributed by atoms with E-state index in [1.807, 2.05) is 0 Å². The molecule has 26 heavy (non-hydrogen) atoms. The van der Waals surface area contributed by atoms with E-state index in [-0.39, 0.29) is 28.8 Å². The molecule has 2 rings (SSSR count). The Labute approximate surface area is 154 Å². The van der Waals surface area contributed by atoms with Crippen molar-refractivity contribution in [2.75, 3.05) is 14.2 Å². The molecule has 0 spiro atoms. The number of nitro benzene ring substituents is 1. The van der Waals surface area contributed by atoms with Gasteiger partial charge in [0.15, 0.2) is 11.5 Å². The fraction of sp³-hybridized carbons (Fsp3) is 0.235. The maximum Gasteiger partial charge on any atom is 0.327 e. The molecule has 2 N–H and O–H groups in total. The third-order valence-electron chi connectivity index (χ3n) is 3.69. The van der Waals surface area contributed by atoms with Crippen LogP contribution < -0.4 is 10.1 Å². The van der Waals surface area contributed by atoms with Gasteiger partial charge in [-0.15, -0.1) is 0 Å². The molecular weight excluding hydrogens is 364 g/mol. The summed E-state index contributed by atoms with van der Waals surface area (Å²) in [5.74, 6) is -0.424. The summed E-state index contributed by atoms with van der Waals surface area (Å²) < 4.78 is 9.77. The van der Waals surface area contributed by atoms with Crippen LogP contribution in [0.2, 0.25) is 5.02 Å². The average molecular weight is 381 g/mol. The molecule has 1 unspecified atom stereocenters. The number of nitrogens with zero attached hydrogens (tertiary/aromatic N) is 1. The second kappa shape index (κ2) is 8.50. The van der Waals surface area contributed by atoms with Gasteiger partial charge in [-0.1, -0.05) is 23.7 Å². The van der Waals surface area contributed by atoms with Gasteiger partial charge in [-0.3, -0.25) is 15.4 Å². The second-order valence-corrected chi connectivity index (χ2v) is 5.72. The molecule has 138 valence electrons. The van der Waals surface area contributed by atoms with Crippen LogP contribution in [0.3, 0.4) is 0 Å². The number of phenols is 1. The molecule has 0 radical (unpaired) electrons. The van der Waals surface area contributed by atoms with Crippen LogP contribution >= 0.6 is 11.6 Å². The standard InChI is InChI=1S/C17H17ClN2O6/c1-25-15-6-4-11(8-14(15)21)16(17(22)26-2)19-9-10-3-5-12(18)13(7-10)20(23)24/h3-8,16,19,21H,9H2,1-2H3. The molecule has 0 saturated carbocycles. The summed E-state index contributed by atoms with van der Waals surface area (Å²) in [5.41, 5.74) is 0.800. The van der Waals surface area contributed by atoms with Crippen molar-refractivity contribution < 1.29 is 24.3 Å². The van der Waals surface area contributed by atoms with Gasteiger partial charge in [-0.05, 0) is 29.3 Å². The van der Waals surface area contributed by atoms with Gasteiger partial charge in [0.2, 0.25) is 0 Å². The Kier molecular flexibility index (Phi) is 6.37. The average Bonchev–Trinajstić information content (AvgIpc) is 2.62. The van der Waals surface area contributed by atoms with E-state index in [1.165, 1.54) is 38.5 Å². The van der Waals surface area contributed by atoms with Crippen molar-refractivity contribution in [3.8, 4) is 11.5 Å². The number of aromatic hydroxyl groups is 1. The lowest BCUT2D eigenvalue weighted by atomic mass is 10.1. The quantitative estimate of drug-likeness (QED) is 0.431. The van der Waals surface area contributed by atoms with E-state index in [0.29, 0.717) is 11.1 Å². The SMILES string of the molecule is COC(=O)C(NCc1ccc(Cl)c([N+](=O)[O-])c1)c1ccc(OC)c(O)c1. The smallest absolute Gasteiger partial charge is 0.327 e. The van der Waals surface area contributed by atoms with E-state index in [2.05, 4.69) is 5.32 Å². The Hall–Kier alpha value is -2.84. The number of nitrogens with one attached hydrogen (secondary N) is 1. The molecule has 0 aliphatic rings. The number of ether oxygens (including phenoxy) is 2. The van der Waals surface area contributed by atoms with Gasteiger partial charge in [-0.25, -0.2) is 4.79 Å². The molecule has 0 aliphatic heterocycles. The predicted octanol–water partition coefficient (Wildman–Crippen LogP) is 2.97. The third-order valence-corrected chi connectivity index (χ3v) is 4.01. The number of carbonyl (C=O) groups is 1. The molecule has 0 saturated heterocycles. The number of esters is 1. The molecule has 0 heterocycles. The Morgan fingerprint density at radius 3 is 2.62 bits per heavy atom. The molecule has 2 aromatic carbocycles. The van der Waals surface area contributed by atoms with Gasteiger partial charge < -0.3 is 14.6 Å². The molecule has 2 aromatic rings. The highest BCUT2D eigenvalue weighted by molar-refractivity contribution is 6.32. The number of rotatable bonds is 7. The van der Waals surface area contributed by atoms with E-state index < -0.39 is 16.9 Å². The van der Waals surface area contributed by atoms with Crippen molar-refractivity contribution in [2.24, 2.45) is 0 Å². The molecule has 0 fully saturated rings. The Morgan fingerprint density at radius 2 is 2.04 bits per heavy atom. The number of hydrogen-bond acceptors (Lipinski definition) is 7. The fourth-order valence-electron chi connectivity index (χ4n) is 2.37. The number of benzene rings is 2. The zero-order chi connectivity index (χ0) is 19.3. The summed E-state index contributed by atoms with van der Waals surface area (Å²) in [5, 5.41) is 23.9. The Bertz CT molecular complexity index is 827. The van der Waals surface area contributed by atoms with Crippen LogP contribution in [0.1, 0.15) is 17.2 Å². The number of hydrogen-bond donors (Lipinski definition) is 2. The zero-order valence-corrected chi connectivity index (χ0v) is 14.8. The van der Waals surface area contributed by atoms with Gasteiger partial charge in [0.25, 0.3) is 5.69 Å². The van der Waals surface area contributed by atoms with Crippen molar-refractivity contribution in [3.05, 3.63) is 62.7 Å². The topological polar surface area (TPSA) is 111 Å². The van der Waals surface area contributed by atoms with Gasteiger partial charge in [0.05, 0.1) is 19.1 Å². The van der Waals surface area contributed by atoms with Crippen molar-refractivity contribution >= 4 is 23.3 Å². The first kappa shape index (κ1) is 19.5. The summed E-state index contributed by atoms with van der Waals surface area (Å²) in [6.07, 6.45) is 0. The minimum Gasteiger partial charge on any atom is -0.504 e. The first-order chi connectivity index (χ1) is 12.4. The van der Waals surface area contributed by atoms with Crippen LogP contribution in [0.25, 0.3) is 0 Å². The molecule has 0 aromatic heterocycles. The van der Waals surface area contributed by atoms with E-state index in [4.69, 9.17) is 21.1 Å². The van der Waals surface area contributed by atoms with E-state index >= 15 is 0 Å². The van der Waals surface area contributed by atoms with Crippen molar-refractivity contribution in [1.29, 1.82) is 0 Å². The number of methoxy groups -OCH3 is 2. The monoisotopic (exact) mass is 380 g/mol. The minimum atomic E-state index is -0.883. The highest BCUT2D eigenvalue weighted by atomic mass is 35.5. The van der Waals surface area contributed by atoms with Gasteiger partial charge in [-0.2, -0.15) is 0 Å². The van der Waals surface area contributed by atoms with Gasteiger partial charge in [0.1, 0.15) is 11.1 Å². The maximum absolute atomic E-state index is 12.1. The summed E-state index contributed by atoms with van der Waals surface area (Å²) in [6, 6.07) is 8.00. The molecule has 8 nitrogen and oxygen atoms in total. The largest absolute Gasteiger partial charge is 0.504 e. The number of carbonyl (C=O) groups excluding carboxylic acids is 1. The Balaban J connectivity index is 2.24. The highest BCUT2D eigenvalue weighted by Crippen LogP contribution is 2.30. The number of phenolic OH excluding ortho intramolecular Hbond substituents is 1. The summed E-state index contributed by atoms with van der Waals surface area (Å²) >= 11 is 5.79. The molecular formula is C17H17ClN2O6. The first-order valence-electron chi connectivity index (χ1n) is 7.48. The summed E-state index contributed by atoms with van der Waals surface area (Å²) in [4.78, 5) is 22.5. The third kappa shape index (κ3) is 4.41. The van der Waals surface area contributed by atoms with Gasteiger partial charge in [0, 0.05) is 12.6 Å². The summed E-state index contributed by atoms with van der Waals surface area (Å²) in [7, 11) is 2.66. The molecule has 9 heteroatoms. The molecule has 0 aliphatic carbocycles. The van der Waals surface area contributed by atoms with Crippen LogP contribution in [0.4, 0.5) is 5.69 Å². The maximum atomic E-state index is 12.1. The first-order valence-corrected chi connectivity index (χ1v) is 7.86. The number of halogens is 1. The molecule has 1 atom stereocenters. The fourth-order valence-corrected chi connectivity index (χ4v) is 2.56. The van der Waals surface area contributed by atoms with E-state index in [0.717, 1.165) is 0 Å². The van der Waals surface area contributed by atoms with Crippen LogP contribution in [0.15, 0.2) is 36.4 Å². The lowest BCUT2D eigenvalue weighted by Crippen LogP contribution is -2.29. The molecule has 0 bridgehead atoms. The molecule has 0 amide bonds. The van der Waals surface area contributed by atoms with Crippen molar-refractivity contribution in [3.63, 3.8) is 0 Å². The predicted molar refractivity (Wildman–Crippen MR) is 94.4 cm³/mol. The van der Waals surface area contributed by atoms with Crippen LogP contribution in [-0.4, -0.2) is 30.2 Å². The van der Waals surface area contributed by atoms with E-state index in [9.17, 15) is 20.0 Å². The van der Waals surface area contributed by atoms with Crippen molar-refractivity contribution in [2.45, 2.75) is 12.6 Å². The lowest BCUT2D eigenvalue weighted by Gasteiger charge is -2.18. The Morgan fingerprint density at radius 1 is 1.31 bits per heavy atom. The number of nitro groups is 1. The lowest BCUT2D eigenvalue weighted by molar-refractivity contribution is -0.384. The van der Waals surface area contributed by atoms with Crippen LogP contribution in [0, 0.1) is 10.1 Å². The second-order valence-electron chi connectivity index (χ2n) is 5.31. The normalized spacial score (nSPS) is 11.7. The van der Waals surface area contributed by atoms with E-state index in [1.54, 1.807) is 12.1 Å². The van der Waals surface area contributed by atoms with Gasteiger partial charge >= 0.3 is 5.97 Å². The summed E-state index contributed by atoms with van der Waals surface area (Å²) in [6.45, 7) is 0.143. The minimum absolute atomic E-state index is 0.0309. The van der Waals surface area contributed by atoms with Crippen LogP contribution in [-0.2, 0) is 16.1 Å². The highest BCUT2D eigenvalue weighted by Gasteiger charge is 2.23. The van der Waals surface area contributed by atoms with Crippen LogP contribution in [0.5, 0.6) is 11.5 Å².